The number of carbonyl (C=O) groups is 1. The van der Waals surface area contributed by atoms with Crippen LogP contribution in [0, 0.1) is 16.7 Å². The molecule has 1 amide bonds. The second-order valence-electron chi connectivity index (χ2n) is 5.45. The maximum atomic E-state index is 12.5. The fourth-order valence-corrected chi connectivity index (χ4v) is 2.81. The van der Waals surface area contributed by atoms with Crippen LogP contribution >= 0.6 is 0 Å². The van der Waals surface area contributed by atoms with E-state index in [-0.39, 0.29) is 11.3 Å². The highest BCUT2D eigenvalue weighted by molar-refractivity contribution is 5.83. The first-order valence-electron chi connectivity index (χ1n) is 7.18. The van der Waals surface area contributed by atoms with Crippen LogP contribution in [0.3, 0.4) is 0 Å². The molecule has 0 aliphatic carbocycles. The summed E-state index contributed by atoms with van der Waals surface area (Å²) in [6.07, 6.45) is 2.87. The van der Waals surface area contributed by atoms with Crippen molar-refractivity contribution in [2.75, 3.05) is 13.1 Å². The molecule has 1 atom stereocenters. The first-order chi connectivity index (χ1) is 9.70. The Morgan fingerprint density at radius 1 is 1.45 bits per heavy atom. The van der Waals surface area contributed by atoms with Gasteiger partial charge in [0.15, 0.2) is 0 Å². The van der Waals surface area contributed by atoms with Crippen molar-refractivity contribution in [2.45, 2.75) is 32.7 Å². The minimum atomic E-state index is -0.235. The molecular weight excluding hydrogens is 250 g/mol. The Morgan fingerprint density at radius 3 is 2.75 bits per heavy atom. The number of amides is 1. The molecule has 1 heterocycles. The van der Waals surface area contributed by atoms with E-state index >= 15 is 0 Å². The van der Waals surface area contributed by atoms with E-state index in [0.717, 1.165) is 37.9 Å². The third-order valence-electron chi connectivity index (χ3n) is 3.99. The van der Waals surface area contributed by atoms with Gasteiger partial charge in [-0.3, -0.25) is 4.79 Å². The van der Waals surface area contributed by atoms with Gasteiger partial charge in [0.25, 0.3) is 0 Å². The number of carbonyl (C=O) groups excluding carboxylic acids is 1. The normalized spacial score (nSPS) is 21.4. The van der Waals surface area contributed by atoms with Crippen molar-refractivity contribution >= 4 is 5.91 Å². The van der Waals surface area contributed by atoms with Crippen LogP contribution in [0.1, 0.15) is 37.3 Å². The summed E-state index contributed by atoms with van der Waals surface area (Å²) in [6, 6.07) is 9.42. The average molecular weight is 271 g/mol. The van der Waals surface area contributed by atoms with Crippen molar-refractivity contribution in [3.8, 4) is 6.07 Å². The summed E-state index contributed by atoms with van der Waals surface area (Å²) in [5.41, 5.74) is 1.43. The highest BCUT2D eigenvalue weighted by Crippen LogP contribution is 2.31. The Bertz CT molecular complexity index is 495. The molecule has 1 fully saturated rings. The molecule has 1 aromatic carbocycles. The van der Waals surface area contributed by atoms with Crippen molar-refractivity contribution in [1.82, 2.24) is 10.6 Å². The van der Waals surface area contributed by atoms with Crippen molar-refractivity contribution in [1.29, 1.82) is 5.26 Å². The molecule has 0 spiro atoms. The summed E-state index contributed by atoms with van der Waals surface area (Å²) in [7, 11) is 0. The van der Waals surface area contributed by atoms with Gasteiger partial charge in [-0.1, -0.05) is 25.5 Å². The average Bonchev–Trinajstić information content (AvgIpc) is 2.95. The topological polar surface area (TPSA) is 64.9 Å². The van der Waals surface area contributed by atoms with E-state index in [0.29, 0.717) is 12.1 Å². The Morgan fingerprint density at radius 2 is 2.20 bits per heavy atom. The summed E-state index contributed by atoms with van der Waals surface area (Å²) in [6.45, 7) is 4.34. The third-order valence-corrected chi connectivity index (χ3v) is 3.99. The van der Waals surface area contributed by atoms with E-state index in [2.05, 4.69) is 23.6 Å². The van der Waals surface area contributed by atoms with Gasteiger partial charge in [0, 0.05) is 13.1 Å². The van der Waals surface area contributed by atoms with Crippen LogP contribution in [0.25, 0.3) is 0 Å². The smallest absolute Gasteiger partial charge is 0.227 e. The van der Waals surface area contributed by atoms with Gasteiger partial charge in [0.05, 0.1) is 17.0 Å². The Labute approximate surface area is 120 Å². The number of hydrogen-bond donors (Lipinski definition) is 2. The molecule has 106 valence electrons. The summed E-state index contributed by atoms with van der Waals surface area (Å²) >= 11 is 0. The molecule has 1 aliphatic heterocycles. The molecule has 0 bridgehead atoms. The molecule has 0 saturated carbocycles. The number of nitriles is 1. The summed E-state index contributed by atoms with van der Waals surface area (Å²) in [5, 5.41) is 15.1. The standard InChI is InChI=1S/C16H21N3O/c1-2-7-16(8-9-18-12-16)15(20)19-11-14-5-3-13(10-17)4-6-14/h3-6,18H,2,7-9,11-12H2,1H3,(H,19,20). The molecule has 2 rings (SSSR count). The first-order valence-corrected chi connectivity index (χ1v) is 7.18. The zero-order chi connectivity index (χ0) is 14.4. The van der Waals surface area contributed by atoms with Crippen LogP contribution in [0.2, 0.25) is 0 Å². The van der Waals surface area contributed by atoms with Gasteiger partial charge in [-0.25, -0.2) is 0 Å². The van der Waals surface area contributed by atoms with Gasteiger partial charge in [-0.2, -0.15) is 5.26 Å². The highest BCUT2D eigenvalue weighted by Gasteiger charge is 2.39. The lowest BCUT2D eigenvalue weighted by Gasteiger charge is -2.26. The highest BCUT2D eigenvalue weighted by atomic mass is 16.2. The van der Waals surface area contributed by atoms with E-state index in [9.17, 15) is 4.79 Å². The summed E-state index contributed by atoms with van der Waals surface area (Å²) < 4.78 is 0. The molecule has 1 unspecified atom stereocenters. The van der Waals surface area contributed by atoms with Crippen molar-refractivity contribution in [3.63, 3.8) is 0 Å². The molecule has 1 aromatic rings. The van der Waals surface area contributed by atoms with Crippen molar-refractivity contribution < 1.29 is 4.79 Å². The van der Waals surface area contributed by atoms with Gasteiger partial charge in [0.1, 0.15) is 0 Å². The fraction of sp³-hybridized carbons (Fsp3) is 0.500. The maximum absolute atomic E-state index is 12.5. The lowest BCUT2D eigenvalue weighted by atomic mass is 9.81. The minimum Gasteiger partial charge on any atom is -0.352 e. The molecule has 0 aromatic heterocycles. The Balaban J connectivity index is 1.95. The molecule has 1 aliphatic rings. The first kappa shape index (κ1) is 14.5. The zero-order valence-corrected chi connectivity index (χ0v) is 11.9. The Kier molecular flexibility index (Phi) is 4.75. The lowest BCUT2D eigenvalue weighted by molar-refractivity contribution is -0.130. The SMILES string of the molecule is CCCC1(C(=O)NCc2ccc(C#N)cc2)CCNC1. The molecule has 0 radical (unpaired) electrons. The van der Waals surface area contributed by atoms with Gasteiger partial charge >= 0.3 is 0 Å². The largest absolute Gasteiger partial charge is 0.352 e. The predicted molar refractivity (Wildman–Crippen MR) is 77.8 cm³/mol. The van der Waals surface area contributed by atoms with Crippen LogP contribution in [0.5, 0.6) is 0 Å². The van der Waals surface area contributed by atoms with Gasteiger partial charge in [-0.15, -0.1) is 0 Å². The predicted octanol–water partition coefficient (Wildman–Crippen LogP) is 1.95. The van der Waals surface area contributed by atoms with Gasteiger partial charge in [-0.05, 0) is 37.1 Å². The maximum Gasteiger partial charge on any atom is 0.227 e. The van der Waals surface area contributed by atoms with E-state index in [1.54, 1.807) is 12.1 Å². The van der Waals surface area contributed by atoms with E-state index < -0.39 is 0 Å². The van der Waals surface area contributed by atoms with E-state index in [1.807, 2.05) is 12.1 Å². The minimum absolute atomic E-state index is 0.147. The molecule has 1 saturated heterocycles. The number of benzene rings is 1. The van der Waals surface area contributed by atoms with Crippen LogP contribution in [-0.4, -0.2) is 19.0 Å². The van der Waals surface area contributed by atoms with Gasteiger partial charge < -0.3 is 10.6 Å². The summed E-state index contributed by atoms with van der Waals surface area (Å²) in [5.74, 6) is 0.147. The van der Waals surface area contributed by atoms with Crippen molar-refractivity contribution in [2.24, 2.45) is 5.41 Å². The second-order valence-corrected chi connectivity index (χ2v) is 5.45. The summed E-state index contributed by atoms with van der Waals surface area (Å²) in [4.78, 5) is 12.5. The van der Waals surface area contributed by atoms with Crippen LogP contribution in [-0.2, 0) is 11.3 Å². The fourth-order valence-electron chi connectivity index (χ4n) is 2.81. The van der Waals surface area contributed by atoms with Crippen LogP contribution in [0.15, 0.2) is 24.3 Å². The Hall–Kier alpha value is -1.86. The molecule has 4 heteroatoms. The molecule has 20 heavy (non-hydrogen) atoms. The zero-order valence-electron chi connectivity index (χ0n) is 11.9. The number of hydrogen-bond acceptors (Lipinski definition) is 3. The van der Waals surface area contributed by atoms with E-state index in [4.69, 9.17) is 5.26 Å². The lowest BCUT2D eigenvalue weighted by Crippen LogP contribution is -2.42. The third kappa shape index (κ3) is 3.17. The monoisotopic (exact) mass is 271 g/mol. The molecular formula is C16H21N3O. The van der Waals surface area contributed by atoms with Crippen LogP contribution < -0.4 is 10.6 Å². The van der Waals surface area contributed by atoms with Gasteiger partial charge in [0.2, 0.25) is 5.91 Å². The number of rotatable bonds is 5. The second kappa shape index (κ2) is 6.53. The van der Waals surface area contributed by atoms with E-state index in [1.165, 1.54) is 0 Å². The number of nitrogens with one attached hydrogen (secondary N) is 2. The molecule has 2 N–H and O–H groups in total. The quantitative estimate of drug-likeness (QED) is 0.860. The van der Waals surface area contributed by atoms with Crippen molar-refractivity contribution in [3.05, 3.63) is 35.4 Å². The molecule has 4 nitrogen and oxygen atoms in total. The van der Waals surface area contributed by atoms with Crippen LogP contribution in [0.4, 0.5) is 0 Å². The number of nitrogens with zero attached hydrogens (tertiary/aromatic N) is 1.